The molecule has 3 heterocycles. The van der Waals surface area contributed by atoms with Gasteiger partial charge in [-0.15, -0.1) is 5.10 Å². The predicted octanol–water partition coefficient (Wildman–Crippen LogP) is 3.91. The van der Waals surface area contributed by atoms with Crippen LogP contribution in [0.15, 0.2) is 30.3 Å². The first-order valence-corrected chi connectivity index (χ1v) is 9.72. The van der Waals surface area contributed by atoms with E-state index in [4.69, 9.17) is 24.0 Å². The SMILES string of the molecule is COc1cc(C)c(-c2cccc3c(N(C)C4CCCO4)c(OC)nn23)c(OC)c1. The van der Waals surface area contributed by atoms with Crippen molar-refractivity contribution >= 4 is 11.2 Å². The number of hydrogen-bond acceptors (Lipinski definition) is 6. The maximum Gasteiger partial charge on any atom is 0.257 e. The molecule has 0 radical (unpaired) electrons. The molecule has 1 aliphatic rings. The van der Waals surface area contributed by atoms with Gasteiger partial charge in [0.25, 0.3) is 5.88 Å². The number of nitrogens with zero attached hydrogens (tertiary/aromatic N) is 3. The highest BCUT2D eigenvalue weighted by Crippen LogP contribution is 2.40. The molecule has 4 rings (SSSR count). The van der Waals surface area contributed by atoms with Crippen LogP contribution < -0.4 is 19.1 Å². The molecule has 1 unspecified atom stereocenters. The van der Waals surface area contributed by atoms with E-state index in [1.807, 2.05) is 48.8 Å². The Bertz CT molecular complexity index is 1020. The van der Waals surface area contributed by atoms with Crippen LogP contribution >= 0.6 is 0 Å². The average Bonchev–Trinajstić information content (AvgIpc) is 3.40. The summed E-state index contributed by atoms with van der Waals surface area (Å²) in [5.41, 5.74) is 4.80. The fourth-order valence-electron chi connectivity index (χ4n) is 4.03. The van der Waals surface area contributed by atoms with Crippen molar-refractivity contribution in [3.8, 4) is 28.6 Å². The van der Waals surface area contributed by atoms with E-state index in [9.17, 15) is 0 Å². The lowest BCUT2D eigenvalue weighted by atomic mass is 10.0. The van der Waals surface area contributed by atoms with Crippen LogP contribution in [-0.2, 0) is 4.74 Å². The molecule has 7 heteroatoms. The van der Waals surface area contributed by atoms with Crippen LogP contribution in [-0.4, -0.2) is 50.8 Å². The summed E-state index contributed by atoms with van der Waals surface area (Å²) in [6, 6.07) is 10.00. The summed E-state index contributed by atoms with van der Waals surface area (Å²) >= 11 is 0. The molecule has 0 aliphatic carbocycles. The largest absolute Gasteiger partial charge is 0.497 e. The van der Waals surface area contributed by atoms with Crippen molar-refractivity contribution in [1.82, 2.24) is 9.61 Å². The summed E-state index contributed by atoms with van der Waals surface area (Å²) in [5.74, 6) is 2.06. The van der Waals surface area contributed by atoms with Gasteiger partial charge in [-0.2, -0.15) is 0 Å². The molecule has 0 saturated carbocycles. The quantitative estimate of drug-likeness (QED) is 0.629. The second kappa shape index (κ2) is 7.83. The van der Waals surface area contributed by atoms with Crippen molar-refractivity contribution in [2.75, 3.05) is 39.9 Å². The fraction of sp³-hybridized carbons (Fsp3) is 0.409. The van der Waals surface area contributed by atoms with Crippen LogP contribution in [0.4, 0.5) is 5.69 Å². The third kappa shape index (κ3) is 3.25. The lowest BCUT2D eigenvalue weighted by Gasteiger charge is -2.25. The minimum atomic E-state index is 0.0258. The van der Waals surface area contributed by atoms with E-state index in [2.05, 4.69) is 4.90 Å². The molecule has 3 aromatic rings. The summed E-state index contributed by atoms with van der Waals surface area (Å²) in [6.07, 6.45) is 2.07. The molecule has 1 saturated heterocycles. The van der Waals surface area contributed by atoms with Gasteiger partial charge in [0.1, 0.15) is 23.4 Å². The Balaban J connectivity index is 1.92. The summed E-state index contributed by atoms with van der Waals surface area (Å²) in [7, 11) is 6.99. The second-order valence-electron chi connectivity index (χ2n) is 7.17. The van der Waals surface area contributed by atoms with Crippen molar-refractivity contribution in [2.45, 2.75) is 26.0 Å². The number of methoxy groups -OCH3 is 3. The summed E-state index contributed by atoms with van der Waals surface area (Å²) in [4.78, 5) is 2.12. The van der Waals surface area contributed by atoms with Gasteiger partial charge in [-0.3, -0.25) is 0 Å². The van der Waals surface area contributed by atoms with Crippen molar-refractivity contribution in [3.63, 3.8) is 0 Å². The lowest BCUT2D eigenvalue weighted by Crippen LogP contribution is -2.30. The van der Waals surface area contributed by atoms with E-state index in [1.54, 1.807) is 21.3 Å². The van der Waals surface area contributed by atoms with E-state index in [0.717, 1.165) is 59.0 Å². The Morgan fingerprint density at radius 1 is 1.14 bits per heavy atom. The first kappa shape index (κ1) is 19.4. The van der Waals surface area contributed by atoms with Gasteiger partial charge in [0, 0.05) is 25.3 Å². The molecular weight excluding hydrogens is 370 g/mol. The Morgan fingerprint density at radius 3 is 2.62 bits per heavy atom. The molecule has 1 aromatic carbocycles. The van der Waals surface area contributed by atoms with Crippen LogP contribution in [0.3, 0.4) is 0 Å². The molecule has 1 atom stereocenters. The topological polar surface area (TPSA) is 57.5 Å². The van der Waals surface area contributed by atoms with E-state index >= 15 is 0 Å². The van der Waals surface area contributed by atoms with Gasteiger partial charge in [0.2, 0.25) is 0 Å². The van der Waals surface area contributed by atoms with Crippen molar-refractivity contribution in [2.24, 2.45) is 0 Å². The zero-order chi connectivity index (χ0) is 20.5. The third-order valence-corrected chi connectivity index (χ3v) is 5.47. The van der Waals surface area contributed by atoms with E-state index in [1.165, 1.54) is 0 Å². The van der Waals surface area contributed by atoms with Crippen LogP contribution in [0.5, 0.6) is 17.4 Å². The van der Waals surface area contributed by atoms with Crippen LogP contribution in [0.2, 0.25) is 0 Å². The molecule has 2 aromatic heterocycles. The molecule has 0 spiro atoms. The summed E-state index contributed by atoms with van der Waals surface area (Å²) in [5, 5.41) is 4.77. The number of benzene rings is 1. The normalized spacial score (nSPS) is 16.2. The van der Waals surface area contributed by atoms with Crippen molar-refractivity contribution in [3.05, 3.63) is 35.9 Å². The number of ether oxygens (including phenoxy) is 4. The van der Waals surface area contributed by atoms with Gasteiger partial charge >= 0.3 is 0 Å². The number of aromatic nitrogens is 2. The standard InChI is InChI=1S/C22H27N3O4/c1-14-12-15(26-3)13-18(27-4)20(14)16-8-6-9-17-21(22(28-5)23-25(16)17)24(2)19-10-7-11-29-19/h6,8-9,12-13,19H,7,10-11H2,1-5H3. The first-order chi connectivity index (χ1) is 14.1. The zero-order valence-corrected chi connectivity index (χ0v) is 17.6. The molecule has 1 fully saturated rings. The predicted molar refractivity (Wildman–Crippen MR) is 112 cm³/mol. The van der Waals surface area contributed by atoms with Gasteiger partial charge in [-0.05, 0) is 43.5 Å². The Morgan fingerprint density at radius 2 is 1.97 bits per heavy atom. The van der Waals surface area contributed by atoms with Crippen molar-refractivity contribution in [1.29, 1.82) is 0 Å². The molecule has 0 amide bonds. The molecule has 7 nitrogen and oxygen atoms in total. The molecule has 0 bridgehead atoms. The van der Waals surface area contributed by atoms with Gasteiger partial charge in [0.05, 0.1) is 32.5 Å². The molecule has 1 aliphatic heterocycles. The van der Waals surface area contributed by atoms with Gasteiger partial charge < -0.3 is 23.8 Å². The van der Waals surface area contributed by atoms with Crippen molar-refractivity contribution < 1.29 is 18.9 Å². The number of pyridine rings is 1. The third-order valence-electron chi connectivity index (χ3n) is 5.47. The number of fused-ring (bicyclic) bond motifs is 1. The zero-order valence-electron chi connectivity index (χ0n) is 17.6. The number of aryl methyl sites for hydroxylation is 1. The summed E-state index contributed by atoms with van der Waals surface area (Å²) < 4.78 is 24.5. The highest BCUT2D eigenvalue weighted by molar-refractivity contribution is 5.83. The Kier molecular flexibility index (Phi) is 5.24. The highest BCUT2D eigenvalue weighted by Gasteiger charge is 2.28. The number of hydrogen-bond donors (Lipinski definition) is 0. The first-order valence-electron chi connectivity index (χ1n) is 9.72. The van der Waals surface area contributed by atoms with Gasteiger partial charge in [-0.1, -0.05) is 6.07 Å². The van der Waals surface area contributed by atoms with E-state index in [0.29, 0.717) is 5.88 Å². The molecule has 29 heavy (non-hydrogen) atoms. The Labute approximate surface area is 170 Å². The van der Waals surface area contributed by atoms with Crippen LogP contribution in [0.25, 0.3) is 16.8 Å². The fourth-order valence-corrected chi connectivity index (χ4v) is 4.03. The Hall–Kier alpha value is -2.93. The monoisotopic (exact) mass is 397 g/mol. The minimum Gasteiger partial charge on any atom is -0.497 e. The highest BCUT2D eigenvalue weighted by atomic mass is 16.5. The lowest BCUT2D eigenvalue weighted by molar-refractivity contribution is 0.111. The maximum atomic E-state index is 5.88. The smallest absolute Gasteiger partial charge is 0.257 e. The summed E-state index contributed by atoms with van der Waals surface area (Å²) in [6.45, 7) is 2.82. The molecule has 154 valence electrons. The molecule has 0 N–H and O–H groups in total. The minimum absolute atomic E-state index is 0.0258. The van der Waals surface area contributed by atoms with Crippen LogP contribution in [0, 0.1) is 6.92 Å². The van der Waals surface area contributed by atoms with Gasteiger partial charge in [-0.25, -0.2) is 4.52 Å². The molecular formula is C22H27N3O4. The van der Waals surface area contributed by atoms with Crippen LogP contribution in [0.1, 0.15) is 18.4 Å². The second-order valence-corrected chi connectivity index (χ2v) is 7.17. The van der Waals surface area contributed by atoms with Gasteiger partial charge in [0.15, 0.2) is 0 Å². The maximum absolute atomic E-state index is 5.88. The van der Waals surface area contributed by atoms with E-state index in [-0.39, 0.29) is 6.23 Å². The number of rotatable bonds is 6. The average molecular weight is 397 g/mol. The van der Waals surface area contributed by atoms with E-state index < -0.39 is 0 Å². The number of anilines is 1.